The van der Waals surface area contributed by atoms with Gasteiger partial charge in [-0.2, -0.15) is 0 Å². The highest BCUT2D eigenvalue weighted by Crippen LogP contribution is 2.21. The fourth-order valence-corrected chi connectivity index (χ4v) is 1.92. The number of hydrogen-bond acceptors (Lipinski definition) is 3. The average molecular weight is 261 g/mol. The lowest BCUT2D eigenvalue weighted by Crippen LogP contribution is -2.04. The van der Waals surface area contributed by atoms with E-state index in [2.05, 4.69) is 4.98 Å². The molecule has 1 atom stereocenters. The van der Waals surface area contributed by atoms with Gasteiger partial charge in [0.15, 0.2) is 0 Å². The van der Waals surface area contributed by atoms with Crippen molar-refractivity contribution >= 4 is 0 Å². The summed E-state index contributed by atoms with van der Waals surface area (Å²) < 4.78 is 18.0. The minimum absolute atomic E-state index is 0.262. The van der Waals surface area contributed by atoms with Gasteiger partial charge in [-0.15, -0.1) is 0 Å². The van der Waals surface area contributed by atoms with Gasteiger partial charge >= 0.3 is 0 Å². The molecule has 0 saturated heterocycles. The van der Waals surface area contributed by atoms with E-state index in [1.165, 1.54) is 12.1 Å². The van der Waals surface area contributed by atoms with Crippen LogP contribution in [0.25, 0.3) is 0 Å². The summed E-state index contributed by atoms with van der Waals surface area (Å²) in [7, 11) is 1.54. The first-order chi connectivity index (χ1) is 9.10. The number of ether oxygens (including phenoxy) is 1. The highest BCUT2D eigenvalue weighted by molar-refractivity contribution is 5.29. The molecule has 1 aromatic carbocycles. The molecule has 0 aliphatic heterocycles. The van der Waals surface area contributed by atoms with Crippen molar-refractivity contribution in [1.82, 2.24) is 4.98 Å². The van der Waals surface area contributed by atoms with E-state index in [-0.39, 0.29) is 5.82 Å². The van der Waals surface area contributed by atoms with Gasteiger partial charge in [0, 0.05) is 18.7 Å². The molecule has 2 rings (SSSR count). The van der Waals surface area contributed by atoms with E-state index in [1.807, 2.05) is 6.92 Å². The fourth-order valence-electron chi connectivity index (χ4n) is 1.92. The lowest BCUT2D eigenvalue weighted by molar-refractivity contribution is 0.177. The normalized spacial score (nSPS) is 12.2. The van der Waals surface area contributed by atoms with Crippen molar-refractivity contribution in [3.63, 3.8) is 0 Å². The zero-order valence-electron chi connectivity index (χ0n) is 10.9. The Morgan fingerprint density at radius 2 is 2.11 bits per heavy atom. The number of aliphatic hydroxyl groups is 1. The molecule has 0 saturated carbocycles. The summed E-state index contributed by atoms with van der Waals surface area (Å²) in [5.74, 6) is 0.246. The second kappa shape index (κ2) is 5.80. The Kier molecular flexibility index (Phi) is 4.12. The molecular weight excluding hydrogens is 245 g/mol. The van der Waals surface area contributed by atoms with E-state index in [0.717, 1.165) is 11.1 Å². The Bertz CT molecular complexity index is 555. The minimum Gasteiger partial charge on any atom is -0.481 e. The van der Waals surface area contributed by atoms with Crippen molar-refractivity contribution in [2.24, 2.45) is 0 Å². The number of benzene rings is 1. The third-order valence-electron chi connectivity index (χ3n) is 3.07. The van der Waals surface area contributed by atoms with Gasteiger partial charge in [-0.05, 0) is 41.8 Å². The monoisotopic (exact) mass is 261 g/mol. The van der Waals surface area contributed by atoms with Crippen LogP contribution in [0.4, 0.5) is 4.39 Å². The smallest absolute Gasteiger partial charge is 0.212 e. The zero-order chi connectivity index (χ0) is 13.8. The van der Waals surface area contributed by atoms with Crippen molar-refractivity contribution in [1.29, 1.82) is 0 Å². The SMILES string of the molecule is COc1ccc(C(O)Cc2ccc(F)cc2C)cn1. The topological polar surface area (TPSA) is 42.4 Å². The van der Waals surface area contributed by atoms with E-state index < -0.39 is 6.10 Å². The molecule has 100 valence electrons. The molecular formula is C15H16FNO2. The fraction of sp³-hybridized carbons (Fsp3) is 0.267. The van der Waals surface area contributed by atoms with Gasteiger partial charge in [-0.1, -0.05) is 6.07 Å². The van der Waals surface area contributed by atoms with Crippen molar-refractivity contribution in [2.45, 2.75) is 19.4 Å². The average Bonchev–Trinajstić information content (AvgIpc) is 2.42. The van der Waals surface area contributed by atoms with E-state index in [1.54, 1.807) is 31.5 Å². The number of methoxy groups -OCH3 is 1. The van der Waals surface area contributed by atoms with Crippen LogP contribution in [0.2, 0.25) is 0 Å². The second-order valence-corrected chi connectivity index (χ2v) is 4.42. The maximum Gasteiger partial charge on any atom is 0.212 e. The molecule has 4 heteroatoms. The summed E-state index contributed by atoms with van der Waals surface area (Å²) in [6, 6.07) is 8.05. The van der Waals surface area contributed by atoms with Crippen molar-refractivity contribution in [3.8, 4) is 5.88 Å². The predicted octanol–water partition coefficient (Wildman–Crippen LogP) is 2.81. The van der Waals surface area contributed by atoms with Crippen LogP contribution in [0.5, 0.6) is 5.88 Å². The molecule has 0 radical (unpaired) electrons. The molecule has 0 aliphatic carbocycles. The third kappa shape index (κ3) is 3.29. The summed E-state index contributed by atoms with van der Waals surface area (Å²) in [5, 5.41) is 10.2. The second-order valence-electron chi connectivity index (χ2n) is 4.42. The minimum atomic E-state index is -0.664. The first-order valence-electron chi connectivity index (χ1n) is 6.03. The maximum absolute atomic E-state index is 13.0. The maximum atomic E-state index is 13.0. The van der Waals surface area contributed by atoms with Crippen LogP contribution in [-0.4, -0.2) is 17.2 Å². The molecule has 0 amide bonds. The summed E-state index contributed by atoms with van der Waals surface area (Å²) in [6.45, 7) is 1.83. The number of nitrogens with zero attached hydrogens (tertiary/aromatic N) is 1. The van der Waals surface area contributed by atoms with Crippen LogP contribution in [0.15, 0.2) is 36.5 Å². The van der Waals surface area contributed by atoms with Crippen LogP contribution < -0.4 is 4.74 Å². The lowest BCUT2D eigenvalue weighted by Gasteiger charge is -2.13. The lowest BCUT2D eigenvalue weighted by atomic mass is 9.99. The van der Waals surface area contributed by atoms with Gasteiger partial charge in [0.25, 0.3) is 0 Å². The molecule has 0 fully saturated rings. The number of rotatable bonds is 4. The standard InChI is InChI=1S/C15H16FNO2/c1-10-7-13(16)5-3-11(10)8-14(18)12-4-6-15(19-2)17-9-12/h3-7,9,14,18H,8H2,1-2H3. The highest BCUT2D eigenvalue weighted by Gasteiger charge is 2.11. The van der Waals surface area contributed by atoms with E-state index in [9.17, 15) is 9.50 Å². The molecule has 0 bridgehead atoms. The van der Waals surface area contributed by atoms with Crippen molar-refractivity contribution < 1.29 is 14.2 Å². The van der Waals surface area contributed by atoms with Crippen LogP contribution in [0, 0.1) is 12.7 Å². The third-order valence-corrected chi connectivity index (χ3v) is 3.07. The summed E-state index contributed by atoms with van der Waals surface area (Å²) >= 11 is 0. The van der Waals surface area contributed by atoms with Crippen LogP contribution in [-0.2, 0) is 6.42 Å². The van der Waals surface area contributed by atoms with Gasteiger partial charge in [0.1, 0.15) is 5.82 Å². The van der Waals surface area contributed by atoms with Gasteiger partial charge < -0.3 is 9.84 Å². The molecule has 2 aromatic rings. The molecule has 1 aromatic heterocycles. The number of halogens is 1. The summed E-state index contributed by atoms with van der Waals surface area (Å²) in [5.41, 5.74) is 2.47. The Morgan fingerprint density at radius 1 is 1.32 bits per heavy atom. The van der Waals surface area contributed by atoms with E-state index in [4.69, 9.17) is 4.74 Å². The first-order valence-corrected chi connectivity index (χ1v) is 6.03. The Hall–Kier alpha value is -1.94. The molecule has 19 heavy (non-hydrogen) atoms. The number of aliphatic hydroxyl groups excluding tert-OH is 1. The van der Waals surface area contributed by atoms with Crippen LogP contribution in [0.1, 0.15) is 22.8 Å². The Labute approximate surface area is 111 Å². The summed E-state index contributed by atoms with van der Waals surface area (Å²) in [6.07, 6.45) is 1.35. The van der Waals surface area contributed by atoms with Crippen LogP contribution >= 0.6 is 0 Å². The molecule has 3 nitrogen and oxygen atoms in total. The van der Waals surface area contributed by atoms with Gasteiger partial charge in [0.2, 0.25) is 5.88 Å². The van der Waals surface area contributed by atoms with Crippen molar-refractivity contribution in [3.05, 3.63) is 59.0 Å². The summed E-state index contributed by atoms with van der Waals surface area (Å²) in [4.78, 5) is 4.05. The molecule has 0 aliphatic rings. The van der Waals surface area contributed by atoms with Gasteiger partial charge in [-0.25, -0.2) is 9.37 Å². The van der Waals surface area contributed by atoms with E-state index >= 15 is 0 Å². The molecule has 1 N–H and O–H groups in total. The Morgan fingerprint density at radius 3 is 2.68 bits per heavy atom. The largest absolute Gasteiger partial charge is 0.481 e. The number of pyridine rings is 1. The Balaban J connectivity index is 2.13. The van der Waals surface area contributed by atoms with Gasteiger partial charge in [0.05, 0.1) is 13.2 Å². The van der Waals surface area contributed by atoms with Gasteiger partial charge in [-0.3, -0.25) is 0 Å². The zero-order valence-corrected chi connectivity index (χ0v) is 10.9. The molecule has 1 heterocycles. The number of aromatic nitrogens is 1. The molecule has 0 spiro atoms. The van der Waals surface area contributed by atoms with E-state index in [0.29, 0.717) is 17.9 Å². The van der Waals surface area contributed by atoms with Crippen LogP contribution in [0.3, 0.4) is 0 Å². The molecule has 1 unspecified atom stereocenters. The number of aryl methyl sites for hydroxylation is 1. The first kappa shape index (κ1) is 13.5. The van der Waals surface area contributed by atoms with Crippen molar-refractivity contribution in [2.75, 3.05) is 7.11 Å². The number of hydrogen-bond donors (Lipinski definition) is 1. The highest BCUT2D eigenvalue weighted by atomic mass is 19.1. The predicted molar refractivity (Wildman–Crippen MR) is 70.6 cm³/mol. The quantitative estimate of drug-likeness (QED) is 0.920.